The largest absolute Gasteiger partial charge is 0.489 e. The Labute approximate surface area is 148 Å². The molecular formula is C19H24N4O2. The number of pyridine rings is 2. The molecule has 3 heterocycles. The van der Waals surface area contributed by atoms with Crippen LogP contribution in [-0.2, 0) is 0 Å². The van der Waals surface area contributed by atoms with Gasteiger partial charge in [-0.1, -0.05) is 0 Å². The minimum absolute atomic E-state index is 0.221. The summed E-state index contributed by atoms with van der Waals surface area (Å²) in [5, 5.41) is 2.85. The number of carbonyl (C=O) groups is 1. The molecule has 0 bridgehead atoms. The lowest BCUT2D eigenvalue weighted by atomic mass is 10.1. The van der Waals surface area contributed by atoms with Gasteiger partial charge in [-0.2, -0.15) is 0 Å². The van der Waals surface area contributed by atoms with E-state index in [4.69, 9.17) is 4.74 Å². The maximum absolute atomic E-state index is 12.3. The Balaban J connectivity index is 1.60. The highest BCUT2D eigenvalue weighted by molar-refractivity contribution is 6.03. The number of aromatic nitrogens is 2. The molecule has 2 aromatic heterocycles. The second-order valence-corrected chi connectivity index (χ2v) is 6.54. The topological polar surface area (TPSA) is 67.3 Å². The average Bonchev–Trinajstić information content (AvgIpc) is 2.60. The molecule has 1 saturated heterocycles. The Kier molecular flexibility index (Phi) is 5.28. The van der Waals surface area contributed by atoms with Crippen molar-refractivity contribution in [3.63, 3.8) is 0 Å². The molecular weight excluding hydrogens is 316 g/mol. The lowest BCUT2D eigenvalue weighted by Gasteiger charge is -2.29. The Morgan fingerprint density at radius 1 is 1.20 bits per heavy atom. The van der Waals surface area contributed by atoms with E-state index in [1.807, 2.05) is 26.0 Å². The number of carbonyl (C=O) groups excluding carboxylic acids is 1. The first kappa shape index (κ1) is 17.4. The molecule has 6 nitrogen and oxygen atoms in total. The monoisotopic (exact) mass is 340 g/mol. The van der Waals surface area contributed by atoms with E-state index in [-0.39, 0.29) is 12.0 Å². The van der Waals surface area contributed by atoms with Crippen LogP contribution in [0.1, 0.15) is 34.7 Å². The molecule has 0 aromatic carbocycles. The van der Waals surface area contributed by atoms with Crippen LogP contribution in [0.3, 0.4) is 0 Å². The van der Waals surface area contributed by atoms with Crippen molar-refractivity contribution in [2.45, 2.75) is 32.8 Å². The molecule has 0 atom stereocenters. The smallest absolute Gasteiger partial charge is 0.274 e. The summed E-state index contributed by atoms with van der Waals surface area (Å²) in [5.41, 5.74) is 2.76. The standard InChI is InChI=1S/C19H24N4O2/c1-13-4-6-17(14(2)21-13)22-19(24)18-7-5-16(12-20-18)25-15-8-10-23(3)11-9-15/h4-7,12,15H,8-11H2,1-3H3,(H,22,24). The number of nitrogens with zero attached hydrogens (tertiary/aromatic N) is 3. The van der Waals surface area contributed by atoms with Gasteiger partial charge in [-0.15, -0.1) is 0 Å². The van der Waals surface area contributed by atoms with Gasteiger partial charge in [0.1, 0.15) is 17.5 Å². The van der Waals surface area contributed by atoms with Gasteiger partial charge >= 0.3 is 0 Å². The van der Waals surface area contributed by atoms with Crippen molar-refractivity contribution < 1.29 is 9.53 Å². The van der Waals surface area contributed by atoms with Gasteiger partial charge < -0.3 is 15.0 Å². The van der Waals surface area contributed by atoms with Crippen LogP contribution in [0.5, 0.6) is 5.75 Å². The minimum Gasteiger partial charge on any atom is -0.489 e. The number of nitrogens with one attached hydrogen (secondary N) is 1. The van der Waals surface area contributed by atoms with Crippen molar-refractivity contribution in [1.82, 2.24) is 14.9 Å². The quantitative estimate of drug-likeness (QED) is 0.927. The van der Waals surface area contributed by atoms with E-state index in [0.717, 1.165) is 37.3 Å². The first-order valence-electron chi connectivity index (χ1n) is 8.58. The summed E-state index contributed by atoms with van der Waals surface area (Å²) in [4.78, 5) is 23.2. The maximum Gasteiger partial charge on any atom is 0.274 e. The number of ether oxygens (including phenoxy) is 1. The molecule has 0 aliphatic carbocycles. The Hall–Kier alpha value is -2.47. The fraction of sp³-hybridized carbons (Fsp3) is 0.421. The van der Waals surface area contributed by atoms with E-state index in [2.05, 4.69) is 27.2 Å². The fourth-order valence-corrected chi connectivity index (χ4v) is 2.88. The maximum atomic E-state index is 12.3. The van der Waals surface area contributed by atoms with Crippen molar-refractivity contribution in [2.24, 2.45) is 0 Å². The third-order valence-electron chi connectivity index (χ3n) is 4.41. The Morgan fingerprint density at radius 3 is 2.60 bits per heavy atom. The van der Waals surface area contributed by atoms with E-state index in [9.17, 15) is 4.79 Å². The first-order valence-corrected chi connectivity index (χ1v) is 8.58. The summed E-state index contributed by atoms with van der Waals surface area (Å²) < 4.78 is 5.96. The summed E-state index contributed by atoms with van der Waals surface area (Å²) in [6.45, 7) is 5.88. The zero-order valence-electron chi connectivity index (χ0n) is 15.0. The molecule has 0 spiro atoms. The van der Waals surface area contributed by atoms with Crippen molar-refractivity contribution in [3.05, 3.63) is 47.5 Å². The van der Waals surface area contributed by atoms with Crippen LogP contribution < -0.4 is 10.1 Å². The summed E-state index contributed by atoms with van der Waals surface area (Å²) in [6, 6.07) is 7.22. The SMILES string of the molecule is Cc1ccc(NC(=O)c2ccc(OC3CCN(C)CC3)cn2)c(C)n1. The molecule has 1 aliphatic heterocycles. The number of hydrogen-bond acceptors (Lipinski definition) is 5. The van der Waals surface area contributed by atoms with Crippen LogP contribution in [0.15, 0.2) is 30.5 Å². The van der Waals surface area contributed by atoms with Crippen LogP contribution in [0.4, 0.5) is 5.69 Å². The molecule has 0 unspecified atom stereocenters. The predicted molar refractivity (Wildman–Crippen MR) is 97.0 cm³/mol. The molecule has 0 saturated carbocycles. The highest BCUT2D eigenvalue weighted by Crippen LogP contribution is 2.19. The molecule has 1 amide bonds. The van der Waals surface area contributed by atoms with Crippen molar-refractivity contribution in [3.8, 4) is 5.75 Å². The second-order valence-electron chi connectivity index (χ2n) is 6.54. The molecule has 0 radical (unpaired) electrons. The average molecular weight is 340 g/mol. The van der Waals surface area contributed by atoms with Crippen LogP contribution >= 0.6 is 0 Å². The Bertz CT molecular complexity index is 738. The normalized spacial score (nSPS) is 15.8. The van der Waals surface area contributed by atoms with Crippen molar-refractivity contribution in [1.29, 1.82) is 0 Å². The third kappa shape index (κ3) is 4.54. The summed E-state index contributed by atoms with van der Waals surface area (Å²) >= 11 is 0. The summed E-state index contributed by atoms with van der Waals surface area (Å²) in [6.07, 6.45) is 3.86. The van der Waals surface area contributed by atoms with E-state index in [1.54, 1.807) is 18.3 Å². The lowest BCUT2D eigenvalue weighted by molar-refractivity contribution is 0.102. The highest BCUT2D eigenvalue weighted by atomic mass is 16.5. The lowest BCUT2D eigenvalue weighted by Crippen LogP contribution is -2.35. The number of aryl methyl sites for hydroxylation is 2. The van der Waals surface area contributed by atoms with Crippen LogP contribution in [0, 0.1) is 13.8 Å². The first-order chi connectivity index (χ1) is 12.0. The zero-order valence-corrected chi connectivity index (χ0v) is 15.0. The van der Waals surface area contributed by atoms with Crippen LogP contribution in [0.25, 0.3) is 0 Å². The van der Waals surface area contributed by atoms with E-state index >= 15 is 0 Å². The molecule has 1 aliphatic rings. The van der Waals surface area contributed by atoms with Crippen molar-refractivity contribution in [2.75, 3.05) is 25.5 Å². The molecule has 3 rings (SSSR count). The molecule has 25 heavy (non-hydrogen) atoms. The predicted octanol–water partition coefficient (Wildman–Crippen LogP) is 2.82. The zero-order chi connectivity index (χ0) is 17.8. The molecule has 132 valence electrons. The van der Waals surface area contributed by atoms with Crippen LogP contribution in [0.2, 0.25) is 0 Å². The third-order valence-corrected chi connectivity index (χ3v) is 4.41. The Morgan fingerprint density at radius 2 is 1.96 bits per heavy atom. The molecule has 1 fully saturated rings. The number of piperidine rings is 1. The number of likely N-dealkylation sites (tertiary alicyclic amines) is 1. The van der Waals surface area contributed by atoms with E-state index in [0.29, 0.717) is 17.1 Å². The van der Waals surface area contributed by atoms with Gasteiger partial charge in [-0.25, -0.2) is 4.98 Å². The number of anilines is 1. The second kappa shape index (κ2) is 7.61. The van der Waals surface area contributed by atoms with Gasteiger partial charge in [-0.05, 0) is 58.0 Å². The molecule has 1 N–H and O–H groups in total. The van der Waals surface area contributed by atoms with E-state index < -0.39 is 0 Å². The molecule has 2 aromatic rings. The number of hydrogen-bond donors (Lipinski definition) is 1. The number of amides is 1. The van der Waals surface area contributed by atoms with Gasteiger partial charge in [0.2, 0.25) is 0 Å². The van der Waals surface area contributed by atoms with Crippen LogP contribution in [-0.4, -0.2) is 47.0 Å². The highest BCUT2D eigenvalue weighted by Gasteiger charge is 2.18. The fourth-order valence-electron chi connectivity index (χ4n) is 2.88. The van der Waals surface area contributed by atoms with Gasteiger partial charge in [0.05, 0.1) is 17.6 Å². The summed E-state index contributed by atoms with van der Waals surface area (Å²) in [5.74, 6) is 0.457. The van der Waals surface area contributed by atoms with Gasteiger partial charge in [0, 0.05) is 18.8 Å². The summed E-state index contributed by atoms with van der Waals surface area (Å²) in [7, 11) is 2.12. The van der Waals surface area contributed by atoms with Gasteiger partial charge in [0.15, 0.2) is 0 Å². The molecule has 6 heteroatoms. The van der Waals surface area contributed by atoms with Gasteiger partial charge in [-0.3, -0.25) is 9.78 Å². The minimum atomic E-state index is -0.250. The van der Waals surface area contributed by atoms with Crippen molar-refractivity contribution >= 4 is 11.6 Å². The van der Waals surface area contributed by atoms with E-state index in [1.165, 1.54) is 0 Å². The van der Waals surface area contributed by atoms with Gasteiger partial charge in [0.25, 0.3) is 5.91 Å². The number of rotatable bonds is 4.